The summed E-state index contributed by atoms with van der Waals surface area (Å²) in [6.07, 6.45) is 1.49. The van der Waals surface area contributed by atoms with Crippen LogP contribution in [0.1, 0.15) is 11.3 Å². The van der Waals surface area contributed by atoms with Crippen molar-refractivity contribution in [2.24, 2.45) is 0 Å². The average Bonchev–Trinajstić information content (AvgIpc) is 3.07. The maximum absolute atomic E-state index is 13.3. The van der Waals surface area contributed by atoms with E-state index in [1.807, 2.05) is 35.2 Å². The van der Waals surface area contributed by atoms with Gasteiger partial charge in [0.2, 0.25) is 5.89 Å². The third-order valence-electron chi connectivity index (χ3n) is 3.77. The van der Waals surface area contributed by atoms with Gasteiger partial charge in [-0.1, -0.05) is 30.3 Å². The van der Waals surface area contributed by atoms with Gasteiger partial charge < -0.3 is 9.52 Å². The van der Waals surface area contributed by atoms with E-state index in [2.05, 4.69) is 4.98 Å². The summed E-state index contributed by atoms with van der Waals surface area (Å²) in [6.45, 7) is 1.65. The molecule has 0 fully saturated rings. The summed E-state index contributed by atoms with van der Waals surface area (Å²) < 4.78 is 31.8. The van der Waals surface area contributed by atoms with Gasteiger partial charge in [-0.05, 0) is 23.8 Å². The van der Waals surface area contributed by atoms with Gasteiger partial charge in [0.25, 0.3) is 0 Å². The molecule has 6 heteroatoms. The number of halogens is 2. The van der Waals surface area contributed by atoms with E-state index < -0.39 is 11.6 Å². The molecule has 0 aliphatic heterocycles. The average molecular weight is 344 g/mol. The summed E-state index contributed by atoms with van der Waals surface area (Å²) in [5.41, 5.74) is 2.16. The standard InChI is InChI=1S/C19H18F2N2O2/c20-17-7-6-15(10-18(17)21)19-22-16(13-25-19)12-23(8-9-24)11-14-4-2-1-3-5-14/h1-7,10,13,24H,8-9,11-12H2. The Morgan fingerprint density at radius 2 is 1.80 bits per heavy atom. The molecular formula is C19H18F2N2O2. The molecule has 0 atom stereocenters. The minimum absolute atomic E-state index is 0.0285. The molecule has 0 aliphatic carbocycles. The van der Waals surface area contributed by atoms with Crippen LogP contribution in [0.2, 0.25) is 0 Å². The predicted molar refractivity (Wildman–Crippen MR) is 89.5 cm³/mol. The molecule has 0 spiro atoms. The lowest BCUT2D eigenvalue weighted by atomic mass is 10.2. The van der Waals surface area contributed by atoms with Crippen molar-refractivity contribution in [2.75, 3.05) is 13.2 Å². The zero-order valence-electron chi connectivity index (χ0n) is 13.5. The molecule has 0 radical (unpaired) electrons. The van der Waals surface area contributed by atoms with Crippen LogP contribution in [0.3, 0.4) is 0 Å². The van der Waals surface area contributed by atoms with Crippen molar-refractivity contribution in [1.29, 1.82) is 0 Å². The Balaban J connectivity index is 1.72. The lowest BCUT2D eigenvalue weighted by molar-refractivity contribution is 0.183. The van der Waals surface area contributed by atoms with E-state index in [9.17, 15) is 13.9 Å². The van der Waals surface area contributed by atoms with E-state index in [4.69, 9.17) is 4.42 Å². The van der Waals surface area contributed by atoms with E-state index in [-0.39, 0.29) is 12.5 Å². The van der Waals surface area contributed by atoms with Crippen molar-refractivity contribution in [1.82, 2.24) is 9.88 Å². The molecule has 0 bridgehead atoms. The summed E-state index contributed by atoms with van der Waals surface area (Å²) in [7, 11) is 0. The van der Waals surface area contributed by atoms with E-state index in [0.717, 1.165) is 17.7 Å². The highest BCUT2D eigenvalue weighted by atomic mass is 19.2. The van der Waals surface area contributed by atoms with Crippen LogP contribution >= 0.6 is 0 Å². The maximum Gasteiger partial charge on any atom is 0.226 e. The first-order valence-corrected chi connectivity index (χ1v) is 7.92. The first-order chi connectivity index (χ1) is 12.2. The van der Waals surface area contributed by atoms with E-state index in [1.54, 1.807) is 0 Å². The van der Waals surface area contributed by atoms with Crippen LogP contribution in [0, 0.1) is 11.6 Å². The fourth-order valence-electron chi connectivity index (χ4n) is 2.57. The Hall–Kier alpha value is -2.57. The second-order valence-electron chi connectivity index (χ2n) is 5.69. The van der Waals surface area contributed by atoms with Crippen LogP contribution < -0.4 is 0 Å². The summed E-state index contributed by atoms with van der Waals surface area (Å²) in [4.78, 5) is 6.37. The lowest BCUT2D eigenvalue weighted by Crippen LogP contribution is -2.26. The van der Waals surface area contributed by atoms with Crippen LogP contribution in [0.4, 0.5) is 8.78 Å². The van der Waals surface area contributed by atoms with Crippen molar-refractivity contribution in [3.63, 3.8) is 0 Å². The minimum atomic E-state index is -0.941. The molecule has 2 aromatic carbocycles. The number of aromatic nitrogens is 1. The smallest absolute Gasteiger partial charge is 0.226 e. The predicted octanol–water partition coefficient (Wildman–Crippen LogP) is 3.61. The molecule has 3 aromatic rings. The summed E-state index contributed by atoms with van der Waals surface area (Å²) in [5, 5.41) is 9.27. The second kappa shape index (κ2) is 8.00. The van der Waals surface area contributed by atoms with Crippen LogP contribution in [-0.4, -0.2) is 28.1 Å². The van der Waals surface area contributed by atoms with Gasteiger partial charge in [-0.3, -0.25) is 4.90 Å². The van der Waals surface area contributed by atoms with Gasteiger partial charge in [0.15, 0.2) is 11.6 Å². The molecule has 1 heterocycles. The largest absolute Gasteiger partial charge is 0.444 e. The number of rotatable bonds is 7. The number of hydrogen-bond acceptors (Lipinski definition) is 4. The van der Waals surface area contributed by atoms with E-state index >= 15 is 0 Å². The van der Waals surface area contributed by atoms with E-state index in [1.165, 1.54) is 12.3 Å². The van der Waals surface area contributed by atoms with Crippen LogP contribution in [0.15, 0.2) is 59.2 Å². The Kier molecular flexibility index (Phi) is 5.53. The van der Waals surface area contributed by atoms with Crippen LogP contribution in [0.5, 0.6) is 0 Å². The SMILES string of the molecule is OCCN(Cc1ccccc1)Cc1coc(-c2ccc(F)c(F)c2)n1. The number of benzene rings is 2. The molecule has 0 saturated heterocycles. The molecule has 0 aliphatic rings. The van der Waals surface area contributed by atoms with Gasteiger partial charge in [0, 0.05) is 25.2 Å². The monoisotopic (exact) mass is 344 g/mol. The number of hydrogen-bond donors (Lipinski definition) is 1. The zero-order chi connectivity index (χ0) is 17.6. The van der Waals surface area contributed by atoms with Gasteiger partial charge in [-0.15, -0.1) is 0 Å². The van der Waals surface area contributed by atoms with Crippen molar-refractivity contribution >= 4 is 0 Å². The highest BCUT2D eigenvalue weighted by Gasteiger charge is 2.13. The van der Waals surface area contributed by atoms with Crippen LogP contribution in [-0.2, 0) is 13.1 Å². The Morgan fingerprint density at radius 3 is 2.52 bits per heavy atom. The Bertz CT molecular complexity index is 821. The number of nitrogens with zero attached hydrogens (tertiary/aromatic N) is 2. The summed E-state index contributed by atoms with van der Waals surface area (Å²) in [5.74, 6) is -1.62. The molecule has 0 unspecified atom stereocenters. The first kappa shape index (κ1) is 17.3. The molecule has 25 heavy (non-hydrogen) atoms. The Labute approximate surface area is 144 Å². The topological polar surface area (TPSA) is 49.5 Å². The third kappa shape index (κ3) is 4.49. The molecule has 0 saturated carbocycles. The van der Waals surface area contributed by atoms with Gasteiger partial charge in [0.05, 0.1) is 12.3 Å². The minimum Gasteiger partial charge on any atom is -0.444 e. The number of oxazole rings is 1. The molecule has 4 nitrogen and oxygen atoms in total. The van der Waals surface area contributed by atoms with Crippen molar-refractivity contribution < 1.29 is 18.3 Å². The quantitative estimate of drug-likeness (QED) is 0.711. The first-order valence-electron chi connectivity index (χ1n) is 7.92. The normalized spacial score (nSPS) is 11.2. The zero-order valence-corrected chi connectivity index (χ0v) is 13.5. The number of aliphatic hydroxyl groups is 1. The maximum atomic E-state index is 13.3. The molecule has 1 aromatic heterocycles. The molecule has 0 amide bonds. The highest BCUT2D eigenvalue weighted by Crippen LogP contribution is 2.21. The fraction of sp³-hybridized carbons (Fsp3) is 0.211. The Morgan fingerprint density at radius 1 is 1.00 bits per heavy atom. The third-order valence-corrected chi connectivity index (χ3v) is 3.77. The summed E-state index contributed by atoms with van der Waals surface area (Å²) in [6, 6.07) is 13.4. The van der Waals surface area contributed by atoms with Gasteiger partial charge in [-0.25, -0.2) is 13.8 Å². The van der Waals surface area contributed by atoms with E-state index in [0.29, 0.717) is 30.9 Å². The van der Waals surface area contributed by atoms with Gasteiger partial charge in [-0.2, -0.15) is 0 Å². The molecule has 1 N–H and O–H groups in total. The summed E-state index contributed by atoms with van der Waals surface area (Å²) >= 11 is 0. The molecule has 3 rings (SSSR count). The highest BCUT2D eigenvalue weighted by molar-refractivity contribution is 5.53. The fourth-order valence-corrected chi connectivity index (χ4v) is 2.57. The number of aliphatic hydroxyl groups excluding tert-OH is 1. The molecule has 130 valence electrons. The van der Waals surface area contributed by atoms with Gasteiger partial charge in [0.1, 0.15) is 6.26 Å². The van der Waals surface area contributed by atoms with Crippen molar-refractivity contribution in [2.45, 2.75) is 13.1 Å². The second-order valence-corrected chi connectivity index (χ2v) is 5.69. The van der Waals surface area contributed by atoms with Crippen LogP contribution in [0.25, 0.3) is 11.5 Å². The van der Waals surface area contributed by atoms with Gasteiger partial charge >= 0.3 is 0 Å². The molecular weight excluding hydrogens is 326 g/mol. The lowest BCUT2D eigenvalue weighted by Gasteiger charge is -2.20. The van der Waals surface area contributed by atoms with Crippen molar-refractivity contribution in [3.05, 3.63) is 77.7 Å². The van der Waals surface area contributed by atoms with Crippen molar-refractivity contribution in [3.8, 4) is 11.5 Å².